The largest absolute Gasteiger partial charge is 0.491 e. The Morgan fingerprint density at radius 3 is 2.89 bits per heavy atom. The lowest BCUT2D eigenvalue weighted by molar-refractivity contribution is -0.134. The number of carbonyl (C=O) groups is 2. The summed E-state index contributed by atoms with van der Waals surface area (Å²) in [6.07, 6.45) is 4.74. The molecule has 3 rings (SSSR count). The minimum atomic E-state index is -0.200. The fourth-order valence-corrected chi connectivity index (χ4v) is 3.07. The van der Waals surface area contributed by atoms with Gasteiger partial charge in [0.25, 0.3) is 0 Å². The van der Waals surface area contributed by atoms with E-state index in [0.29, 0.717) is 37.6 Å². The van der Waals surface area contributed by atoms with Crippen molar-refractivity contribution in [3.63, 3.8) is 0 Å². The molecule has 0 saturated carbocycles. The molecule has 0 spiro atoms. The van der Waals surface area contributed by atoms with Crippen molar-refractivity contribution in [2.24, 2.45) is 0 Å². The number of hydrogen-bond donors (Lipinski definition) is 0. The van der Waals surface area contributed by atoms with Gasteiger partial charge in [0.1, 0.15) is 18.5 Å². The summed E-state index contributed by atoms with van der Waals surface area (Å²) in [6.45, 7) is 5.26. The molecule has 1 aromatic carbocycles. The van der Waals surface area contributed by atoms with Gasteiger partial charge in [0, 0.05) is 24.4 Å². The highest BCUT2D eigenvalue weighted by Gasteiger charge is 2.23. The molecule has 1 atom stereocenters. The van der Waals surface area contributed by atoms with Gasteiger partial charge in [-0.15, -0.1) is 0 Å². The molecule has 28 heavy (non-hydrogen) atoms. The van der Waals surface area contributed by atoms with E-state index in [2.05, 4.69) is 4.98 Å². The Labute approximate surface area is 164 Å². The zero-order valence-corrected chi connectivity index (χ0v) is 16.1. The van der Waals surface area contributed by atoms with Crippen LogP contribution in [-0.4, -0.2) is 54.0 Å². The second kappa shape index (κ2) is 9.28. The lowest BCUT2D eigenvalue weighted by Crippen LogP contribution is -2.47. The molecule has 1 fully saturated rings. The first-order valence-electron chi connectivity index (χ1n) is 9.27. The van der Waals surface area contributed by atoms with Crippen molar-refractivity contribution in [3.05, 3.63) is 65.5 Å². The fourth-order valence-electron chi connectivity index (χ4n) is 3.07. The molecule has 146 valence electrons. The number of hydrogen-bond acceptors (Lipinski definition) is 5. The van der Waals surface area contributed by atoms with E-state index >= 15 is 0 Å². The number of ether oxygens (including phenoxy) is 2. The van der Waals surface area contributed by atoms with Crippen LogP contribution in [0.3, 0.4) is 0 Å². The zero-order valence-electron chi connectivity index (χ0n) is 16.1. The summed E-state index contributed by atoms with van der Waals surface area (Å²) in [5.41, 5.74) is 2.32. The monoisotopic (exact) mass is 380 g/mol. The zero-order chi connectivity index (χ0) is 19.9. The van der Waals surface area contributed by atoms with Gasteiger partial charge in [0.05, 0.1) is 18.8 Å². The molecular weight excluding hydrogens is 356 g/mol. The van der Waals surface area contributed by atoms with E-state index in [9.17, 15) is 9.59 Å². The summed E-state index contributed by atoms with van der Waals surface area (Å²) in [6, 6.07) is 11.0. The van der Waals surface area contributed by atoms with Gasteiger partial charge in [0.2, 0.25) is 5.91 Å². The average molecular weight is 380 g/mol. The summed E-state index contributed by atoms with van der Waals surface area (Å²) in [4.78, 5) is 29.9. The van der Waals surface area contributed by atoms with Gasteiger partial charge in [-0.25, -0.2) is 0 Å². The first kappa shape index (κ1) is 19.8. The van der Waals surface area contributed by atoms with Gasteiger partial charge in [-0.3, -0.25) is 14.6 Å². The summed E-state index contributed by atoms with van der Waals surface area (Å²) in [7, 11) is 0. The summed E-state index contributed by atoms with van der Waals surface area (Å²) in [5.74, 6) is 0.651. The average Bonchev–Trinajstić information content (AvgIpc) is 2.71. The molecule has 1 unspecified atom stereocenters. The number of aromatic nitrogens is 1. The molecule has 1 aromatic heterocycles. The number of Topliss-reactive ketones (excluding diaryl/α,β-unsaturated/α-hetero) is 1. The minimum absolute atomic E-state index is 0.0348. The van der Waals surface area contributed by atoms with Gasteiger partial charge in [-0.05, 0) is 55.8 Å². The number of amides is 1. The number of morpholine rings is 1. The van der Waals surface area contributed by atoms with Crippen LogP contribution in [0.2, 0.25) is 0 Å². The maximum absolute atomic E-state index is 12.4. The molecule has 0 aliphatic carbocycles. The van der Waals surface area contributed by atoms with Gasteiger partial charge < -0.3 is 14.4 Å². The predicted octanol–water partition coefficient (Wildman–Crippen LogP) is 2.91. The topological polar surface area (TPSA) is 68.7 Å². The number of carbonyl (C=O) groups excluding carboxylic acids is 2. The van der Waals surface area contributed by atoms with Crippen LogP contribution >= 0.6 is 0 Å². The molecule has 1 aliphatic heterocycles. The van der Waals surface area contributed by atoms with Crippen molar-refractivity contribution in [2.75, 3.05) is 26.3 Å². The normalized spacial score (nSPS) is 16.9. The number of benzene rings is 1. The molecule has 2 aromatic rings. The van der Waals surface area contributed by atoms with Crippen molar-refractivity contribution in [2.45, 2.75) is 20.0 Å². The Hall–Kier alpha value is -2.99. The standard InChI is InChI=1S/C22H24N2O4/c1-16-13-19(7-8-21(16)17(2)25)28-15-20-14-24(11-12-27-20)22(26)9-6-18-5-3-4-10-23-18/h3-10,13,20H,11-12,14-15H2,1-2H3/b9-6+. The Morgan fingerprint density at radius 2 is 2.18 bits per heavy atom. The molecule has 6 nitrogen and oxygen atoms in total. The summed E-state index contributed by atoms with van der Waals surface area (Å²) < 4.78 is 11.5. The van der Waals surface area contributed by atoms with Gasteiger partial charge in [0.15, 0.2) is 5.78 Å². The molecule has 1 saturated heterocycles. The molecule has 0 radical (unpaired) electrons. The highest BCUT2D eigenvalue weighted by molar-refractivity contribution is 5.95. The molecule has 1 amide bonds. The van der Waals surface area contributed by atoms with Crippen LogP contribution in [0.25, 0.3) is 6.08 Å². The third kappa shape index (κ3) is 5.27. The van der Waals surface area contributed by atoms with Crippen LogP contribution in [0.15, 0.2) is 48.7 Å². The summed E-state index contributed by atoms with van der Waals surface area (Å²) in [5, 5.41) is 0. The van der Waals surface area contributed by atoms with E-state index in [1.165, 1.54) is 6.08 Å². The Balaban J connectivity index is 1.53. The molecule has 2 heterocycles. The van der Waals surface area contributed by atoms with Crippen LogP contribution in [-0.2, 0) is 9.53 Å². The maximum Gasteiger partial charge on any atom is 0.246 e. The van der Waals surface area contributed by atoms with E-state index in [0.717, 1.165) is 11.3 Å². The van der Waals surface area contributed by atoms with E-state index in [1.54, 1.807) is 36.2 Å². The van der Waals surface area contributed by atoms with Crippen LogP contribution in [0, 0.1) is 6.92 Å². The lowest BCUT2D eigenvalue weighted by Gasteiger charge is -2.32. The number of aryl methyl sites for hydroxylation is 1. The quantitative estimate of drug-likeness (QED) is 0.569. The first-order valence-corrected chi connectivity index (χ1v) is 9.27. The highest BCUT2D eigenvalue weighted by Crippen LogP contribution is 2.18. The molecule has 1 aliphatic rings. The molecular formula is C22H24N2O4. The number of rotatable bonds is 6. The van der Waals surface area contributed by atoms with Crippen molar-refractivity contribution < 1.29 is 19.1 Å². The van der Waals surface area contributed by atoms with Crippen molar-refractivity contribution in [3.8, 4) is 5.75 Å². The van der Waals surface area contributed by atoms with E-state index in [1.807, 2.05) is 31.2 Å². The smallest absolute Gasteiger partial charge is 0.246 e. The van der Waals surface area contributed by atoms with Gasteiger partial charge >= 0.3 is 0 Å². The second-order valence-electron chi connectivity index (χ2n) is 6.71. The lowest BCUT2D eigenvalue weighted by atomic mass is 10.1. The van der Waals surface area contributed by atoms with Crippen LogP contribution in [0.1, 0.15) is 28.5 Å². The number of ketones is 1. The van der Waals surface area contributed by atoms with E-state index < -0.39 is 0 Å². The second-order valence-corrected chi connectivity index (χ2v) is 6.71. The molecule has 0 bridgehead atoms. The van der Waals surface area contributed by atoms with Crippen LogP contribution < -0.4 is 4.74 Å². The predicted molar refractivity (Wildman–Crippen MR) is 106 cm³/mol. The molecule has 0 N–H and O–H groups in total. The SMILES string of the molecule is CC(=O)c1ccc(OCC2CN(C(=O)/C=C/c3ccccn3)CCO2)cc1C. The van der Waals surface area contributed by atoms with E-state index in [-0.39, 0.29) is 17.8 Å². The first-order chi connectivity index (χ1) is 13.5. The number of pyridine rings is 1. The van der Waals surface area contributed by atoms with Crippen molar-refractivity contribution >= 4 is 17.8 Å². The Kier molecular flexibility index (Phi) is 6.55. The summed E-state index contributed by atoms with van der Waals surface area (Å²) >= 11 is 0. The highest BCUT2D eigenvalue weighted by atomic mass is 16.5. The van der Waals surface area contributed by atoms with E-state index in [4.69, 9.17) is 9.47 Å². The van der Waals surface area contributed by atoms with Gasteiger partial charge in [-0.2, -0.15) is 0 Å². The van der Waals surface area contributed by atoms with Gasteiger partial charge in [-0.1, -0.05) is 6.07 Å². The molecule has 6 heteroatoms. The maximum atomic E-state index is 12.4. The van der Waals surface area contributed by atoms with Crippen LogP contribution in [0.4, 0.5) is 0 Å². The van der Waals surface area contributed by atoms with Crippen molar-refractivity contribution in [1.29, 1.82) is 0 Å². The third-order valence-electron chi connectivity index (χ3n) is 4.55. The van der Waals surface area contributed by atoms with Crippen molar-refractivity contribution in [1.82, 2.24) is 9.88 Å². The Bertz CT molecular complexity index is 864. The Morgan fingerprint density at radius 1 is 1.32 bits per heavy atom. The van der Waals surface area contributed by atoms with Crippen LogP contribution in [0.5, 0.6) is 5.75 Å². The minimum Gasteiger partial charge on any atom is -0.491 e. The number of nitrogens with zero attached hydrogens (tertiary/aromatic N) is 2. The third-order valence-corrected chi connectivity index (χ3v) is 4.55. The fraction of sp³-hybridized carbons (Fsp3) is 0.318.